The minimum Gasteiger partial charge on any atom is -0.481 e. The van der Waals surface area contributed by atoms with Crippen LogP contribution in [0.1, 0.15) is 28.8 Å². The molecule has 0 aliphatic heterocycles. The molecule has 0 saturated carbocycles. The lowest BCUT2D eigenvalue weighted by molar-refractivity contribution is -0.137. The summed E-state index contributed by atoms with van der Waals surface area (Å²) < 4.78 is 1.55. The van der Waals surface area contributed by atoms with Gasteiger partial charge < -0.3 is 5.11 Å². The monoisotopic (exact) mass is 354 g/mol. The van der Waals surface area contributed by atoms with Gasteiger partial charge in [-0.05, 0) is 37.3 Å². The number of hydrogen-bond donors (Lipinski definition) is 1. The summed E-state index contributed by atoms with van der Waals surface area (Å²) in [6, 6.07) is 7.76. The second-order valence-electron chi connectivity index (χ2n) is 6.39. The van der Waals surface area contributed by atoms with Crippen molar-refractivity contribution in [1.82, 2.24) is 9.55 Å². The quantitative estimate of drug-likeness (QED) is 0.779. The summed E-state index contributed by atoms with van der Waals surface area (Å²) in [5, 5.41) is 9.77. The molecule has 2 aromatic heterocycles. The second kappa shape index (κ2) is 6.11. The molecular formula is C19H18N2O3S. The highest BCUT2D eigenvalue weighted by Gasteiger charge is 2.24. The van der Waals surface area contributed by atoms with Crippen LogP contribution in [0.3, 0.4) is 0 Å². The molecule has 5 nitrogen and oxygen atoms in total. The Morgan fingerprint density at radius 2 is 2.12 bits per heavy atom. The van der Waals surface area contributed by atoms with Crippen LogP contribution in [0.5, 0.6) is 0 Å². The van der Waals surface area contributed by atoms with E-state index in [1.165, 1.54) is 4.88 Å². The number of hydrogen-bond acceptors (Lipinski definition) is 4. The third-order valence-electron chi connectivity index (χ3n) is 4.76. The van der Waals surface area contributed by atoms with Crippen molar-refractivity contribution in [2.24, 2.45) is 0 Å². The van der Waals surface area contributed by atoms with E-state index in [0.29, 0.717) is 11.2 Å². The number of rotatable bonds is 4. The van der Waals surface area contributed by atoms with Crippen molar-refractivity contribution in [1.29, 1.82) is 0 Å². The molecule has 1 aliphatic carbocycles. The van der Waals surface area contributed by atoms with E-state index in [-0.39, 0.29) is 18.5 Å². The molecule has 0 amide bonds. The first-order valence-electron chi connectivity index (χ1n) is 8.39. The van der Waals surface area contributed by atoms with Crippen molar-refractivity contribution in [3.05, 3.63) is 50.6 Å². The van der Waals surface area contributed by atoms with E-state index in [4.69, 9.17) is 10.1 Å². The predicted octanol–water partition coefficient (Wildman–Crippen LogP) is 3.40. The molecule has 0 bridgehead atoms. The van der Waals surface area contributed by atoms with E-state index in [0.717, 1.165) is 40.8 Å². The van der Waals surface area contributed by atoms with Crippen LogP contribution in [0.15, 0.2) is 29.1 Å². The van der Waals surface area contributed by atoms with Gasteiger partial charge in [0.15, 0.2) is 0 Å². The first-order chi connectivity index (χ1) is 12.1. The predicted molar refractivity (Wildman–Crippen MR) is 98.3 cm³/mol. The Labute approximate surface area is 148 Å². The number of aliphatic carboxylic acids is 1. The second-order valence-corrected chi connectivity index (χ2v) is 7.47. The summed E-state index contributed by atoms with van der Waals surface area (Å²) in [5.41, 5.74) is 2.91. The van der Waals surface area contributed by atoms with Crippen molar-refractivity contribution in [3.8, 4) is 11.4 Å². The van der Waals surface area contributed by atoms with Crippen molar-refractivity contribution < 1.29 is 9.90 Å². The molecule has 128 valence electrons. The number of aromatic nitrogens is 2. The molecule has 0 atom stereocenters. The van der Waals surface area contributed by atoms with Gasteiger partial charge in [-0.25, -0.2) is 4.98 Å². The highest BCUT2D eigenvalue weighted by Crippen LogP contribution is 2.36. The molecule has 4 rings (SSSR count). The van der Waals surface area contributed by atoms with E-state index in [2.05, 4.69) is 0 Å². The Morgan fingerprint density at radius 1 is 1.32 bits per heavy atom. The minimum absolute atomic E-state index is 0.0989. The third kappa shape index (κ3) is 2.66. The Balaban J connectivity index is 2.00. The van der Waals surface area contributed by atoms with Gasteiger partial charge in [-0.1, -0.05) is 24.3 Å². The van der Waals surface area contributed by atoms with Crippen LogP contribution in [0.25, 0.3) is 21.6 Å². The minimum atomic E-state index is -0.918. The highest BCUT2D eigenvalue weighted by atomic mass is 32.1. The summed E-state index contributed by atoms with van der Waals surface area (Å²) >= 11 is 1.61. The van der Waals surface area contributed by atoms with Crippen molar-refractivity contribution in [2.45, 2.75) is 39.2 Å². The van der Waals surface area contributed by atoms with E-state index in [1.807, 2.05) is 31.2 Å². The SMILES string of the molecule is Cc1ccccc1-c1nc2sc3c(c2c(=O)n1CCC(=O)O)CCC3. The zero-order valence-electron chi connectivity index (χ0n) is 13.9. The number of nitrogens with zero attached hydrogens (tertiary/aromatic N) is 2. The third-order valence-corrected chi connectivity index (χ3v) is 5.95. The van der Waals surface area contributed by atoms with Crippen LogP contribution in [-0.4, -0.2) is 20.6 Å². The fraction of sp³-hybridized carbons (Fsp3) is 0.316. The topological polar surface area (TPSA) is 72.2 Å². The van der Waals surface area contributed by atoms with Crippen LogP contribution in [0, 0.1) is 6.92 Å². The highest BCUT2D eigenvalue weighted by molar-refractivity contribution is 7.18. The Morgan fingerprint density at radius 3 is 2.88 bits per heavy atom. The lowest BCUT2D eigenvalue weighted by Crippen LogP contribution is -2.25. The van der Waals surface area contributed by atoms with Gasteiger partial charge in [0, 0.05) is 17.0 Å². The van der Waals surface area contributed by atoms with E-state index >= 15 is 0 Å². The lowest BCUT2D eigenvalue weighted by atomic mass is 10.1. The number of fused-ring (bicyclic) bond motifs is 3. The van der Waals surface area contributed by atoms with E-state index < -0.39 is 5.97 Å². The molecule has 0 unspecified atom stereocenters. The van der Waals surface area contributed by atoms with Gasteiger partial charge in [0.25, 0.3) is 5.56 Å². The summed E-state index contributed by atoms with van der Waals surface area (Å²) in [6.45, 7) is 2.10. The van der Waals surface area contributed by atoms with Gasteiger partial charge in [0.1, 0.15) is 10.7 Å². The van der Waals surface area contributed by atoms with Crippen LogP contribution < -0.4 is 5.56 Å². The first-order valence-corrected chi connectivity index (χ1v) is 9.21. The number of thiophene rings is 1. The standard InChI is InChI=1S/C19H18N2O3S/c1-11-5-2-3-6-12(11)17-20-18-16(13-7-4-8-14(13)25-18)19(24)21(17)10-9-15(22)23/h2-3,5-6H,4,7-10H2,1H3,(H,22,23). The van der Waals surface area contributed by atoms with Crippen molar-refractivity contribution in [2.75, 3.05) is 0 Å². The van der Waals surface area contributed by atoms with Gasteiger partial charge in [-0.2, -0.15) is 0 Å². The fourth-order valence-electron chi connectivity index (χ4n) is 3.52. The van der Waals surface area contributed by atoms with Crippen molar-refractivity contribution in [3.63, 3.8) is 0 Å². The molecule has 0 fully saturated rings. The molecule has 6 heteroatoms. The lowest BCUT2D eigenvalue weighted by Gasteiger charge is -2.13. The van der Waals surface area contributed by atoms with E-state index in [1.54, 1.807) is 15.9 Å². The normalized spacial score (nSPS) is 13.3. The number of benzene rings is 1. The smallest absolute Gasteiger partial charge is 0.305 e. The van der Waals surface area contributed by atoms with Gasteiger partial charge in [0.05, 0.1) is 11.8 Å². The van der Waals surface area contributed by atoms with Gasteiger partial charge in [-0.15, -0.1) is 11.3 Å². The molecule has 3 aromatic rings. The molecule has 0 saturated heterocycles. The van der Waals surface area contributed by atoms with Gasteiger partial charge in [-0.3, -0.25) is 14.2 Å². The maximum absolute atomic E-state index is 13.2. The zero-order valence-corrected chi connectivity index (χ0v) is 14.7. The van der Waals surface area contributed by atoms with Gasteiger partial charge >= 0.3 is 5.97 Å². The molecular weight excluding hydrogens is 336 g/mol. The number of carboxylic acid groups (broad SMARTS) is 1. The average Bonchev–Trinajstić information content (AvgIpc) is 3.14. The molecule has 25 heavy (non-hydrogen) atoms. The molecule has 0 radical (unpaired) electrons. The van der Waals surface area contributed by atoms with Crippen LogP contribution in [0.2, 0.25) is 0 Å². The zero-order chi connectivity index (χ0) is 17.6. The summed E-state index contributed by atoms with van der Waals surface area (Å²) in [5.74, 6) is -0.352. The summed E-state index contributed by atoms with van der Waals surface area (Å²) in [4.78, 5) is 31.1. The van der Waals surface area contributed by atoms with Crippen LogP contribution >= 0.6 is 11.3 Å². The molecule has 1 N–H and O–H groups in total. The molecule has 1 aliphatic rings. The Kier molecular flexibility index (Phi) is 3.92. The average molecular weight is 354 g/mol. The number of carbonyl (C=O) groups is 1. The molecule has 1 aromatic carbocycles. The maximum atomic E-state index is 13.2. The number of carboxylic acids is 1. The summed E-state index contributed by atoms with van der Waals surface area (Å²) in [7, 11) is 0. The fourth-order valence-corrected chi connectivity index (χ4v) is 4.77. The maximum Gasteiger partial charge on any atom is 0.305 e. The van der Waals surface area contributed by atoms with E-state index in [9.17, 15) is 9.59 Å². The Hall–Kier alpha value is -2.47. The summed E-state index contributed by atoms with van der Waals surface area (Å²) in [6.07, 6.45) is 2.89. The Bertz CT molecular complexity index is 1050. The van der Waals surface area contributed by atoms with Gasteiger partial charge in [0.2, 0.25) is 0 Å². The first kappa shape index (κ1) is 16.0. The van der Waals surface area contributed by atoms with Crippen LogP contribution in [-0.2, 0) is 24.2 Å². The molecule has 2 heterocycles. The molecule has 0 spiro atoms. The van der Waals surface area contributed by atoms with Crippen LogP contribution in [0.4, 0.5) is 0 Å². The number of aryl methyl sites for hydroxylation is 3. The van der Waals surface area contributed by atoms with Crippen molar-refractivity contribution >= 4 is 27.5 Å². The largest absolute Gasteiger partial charge is 0.481 e.